The van der Waals surface area contributed by atoms with Crippen molar-refractivity contribution < 1.29 is 0 Å². The molecule has 0 amide bonds. The summed E-state index contributed by atoms with van der Waals surface area (Å²) in [4.78, 5) is 9.56. The number of nitrogens with zero attached hydrogens (tertiary/aromatic N) is 3. The fourth-order valence-electron chi connectivity index (χ4n) is 1.56. The van der Waals surface area contributed by atoms with E-state index >= 15 is 0 Å². The highest BCUT2D eigenvalue weighted by molar-refractivity contribution is 8.01. The van der Waals surface area contributed by atoms with Crippen LogP contribution in [0.25, 0.3) is 10.9 Å². The Morgan fingerprint density at radius 1 is 1.18 bits per heavy atom. The van der Waals surface area contributed by atoms with Crippen LogP contribution in [0.15, 0.2) is 46.0 Å². The first-order valence-electron chi connectivity index (χ1n) is 4.92. The third-order valence-electron chi connectivity index (χ3n) is 2.30. The molecule has 0 saturated carbocycles. The van der Waals surface area contributed by atoms with Crippen LogP contribution in [0.5, 0.6) is 0 Å². The lowest BCUT2D eigenvalue weighted by atomic mass is 10.2. The van der Waals surface area contributed by atoms with Gasteiger partial charge in [-0.05, 0) is 23.7 Å². The highest BCUT2D eigenvalue weighted by Crippen LogP contribution is 2.34. The Labute approximate surface area is 106 Å². The Morgan fingerprint density at radius 2 is 2.12 bits per heavy atom. The number of fused-ring (bicyclic) bond motifs is 1. The topological polar surface area (TPSA) is 64.7 Å². The molecule has 0 aliphatic carbocycles. The Morgan fingerprint density at radius 3 is 2.94 bits per heavy atom. The molecule has 2 N–H and O–H groups in total. The first-order chi connectivity index (χ1) is 8.34. The molecule has 0 bridgehead atoms. The van der Waals surface area contributed by atoms with Crippen molar-refractivity contribution in [3.05, 3.63) is 36.8 Å². The molecule has 0 radical (unpaired) electrons. The van der Waals surface area contributed by atoms with Crippen LogP contribution in [0, 0.1) is 0 Å². The minimum Gasteiger partial charge on any atom is -0.397 e. The van der Waals surface area contributed by atoms with Gasteiger partial charge in [-0.25, -0.2) is 4.98 Å². The van der Waals surface area contributed by atoms with E-state index in [-0.39, 0.29) is 0 Å². The highest BCUT2D eigenvalue weighted by atomic mass is 32.2. The molecule has 3 rings (SSSR count). The molecule has 0 spiro atoms. The molecule has 0 saturated heterocycles. The molecule has 2 aromatic heterocycles. The van der Waals surface area contributed by atoms with Crippen LogP contribution < -0.4 is 5.73 Å². The Kier molecular flexibility index (Phi) is 2.66. The predicted molar refractivity (Wildman–Crippen MR) is 70.2 cm³/mol. The van der Waals surface area contributed by atoms with Gasteiger partial charge < -0.3 is 5.73 Å². The monoisotopic (exact) mass is 260 g/mol. The zero-order chi connectivity index (χ0) is 11.7. The number of nitrogens with two attached hydrogens (primary N) is 1. The molecule has 6 heteroatoms. The molecule has 0 aliphatic rings. The van der Waals surface area contributed by atoms with E-state index < -0.39 is 0 Å². The standard InChI is InChI=1S/C11H8N4S2/c12-8-3-1-2-7-9(4-5-13-10(7)8)16-11-14-6-15-17-11/h1-6H,12H2. The minimum absolute atomic E-state index is 0.696. The minimum atomic E-state index is 0.696. The van der Waals surface area contributed by atoms with Gasteiger partial charge in [-0.1, -0.05) is 23.9 Å². The number of aromatic nitrogens is 3. The largest absolute Gasteiger partial charge is 0.397 e. The summed E-state index contributed by atoms with van der Waals surface area (Å²) < 4.78 is 4.90. The Bertz CT molecular complexity index is 652. The van der Waals surface area contributed by atoms with Crippen LogP contribution in [0.1, 0.15) is 0 Å². The smallest absolute Gasteiger partial charge is 0.174 e. The van der Waals surface area contributed by atoms with Gasteiger partial charge in [-0.2, -0.15) is 4.37 Å². The molecule has 4 nitrogen and oxygen atoms in total. The molecule has 0 unspecified atom stereocenters. The van der Waals surface area contributed by atoms with Gasteiger partial charge in [0.1, 0.15) is 6.33 Å². The molecule has 84 valence electrons. The zero-order valence-corrected chi connectivity index (χ0v) is 10.3. The Balaban J connectivity index is 2.14. The second-order valence-electron chi connectivity index (χ2n) is 3.36. The summed E-state index contributed by atoms with van der Waals surface area (Å²) in [7, 11) is 0. The van der Waals surface area contributed by atoms with E-state index in [4.69, 9.17) is 5.73 Å². The number of hydrogen-bond acceptors (Lipinski definition) is 6. The van der Waals surface area contributed by atoms with Crippen molar-refractivity contribution in [3.63, 3.8) is 0 Å². The van der Waals surface area contributed by atoms with Crippen LogP contribution in [0.4, 0.5) is 5.69 Å². The van der Waals surface area contributed by atoms with Crippen molar-refractivity contribution in [3.8, 4) is 0 Å². The van der Waals surface area contributed by atoms with Crippen molar-refractivity contribution in [2.24, 2.45) is 0 Å². The van der Waals surface area contributed by atoms with Gasteiger partial charge in [0.2, 0.25) is 0 Å². The first kappa shape index (κ1) is 10.5. The van der Waals surface area contributed by atoms with E-state index in [9.17, 15) is 0 Å². The normalized spacial score (nSPS) is 10.8. The van der Waals surface area contributed by atoms with Crippen LogP contribution >= 0.6 is 23.3 Å². The summed E-state index contributed by atoms with van der Waals surface area (Å²) in [6, 6.07) is 7.77. The van der Waals surface area contributed by atoms with E-state index in [1.807, 2.05) is 24.3 Å². The molecule has 1 aromatic carbocycles. The van der Waals surface area contributed by atoms with Gasteiger partial charge >= 0.3 is 0 Å². The molecule has 3 aromatic rings. The van der Waals surface area contributed by atoms with Crippen LogP contribution in [-0.4, -0.2) is 14.3 Å². The molecule has 0 aliphatic heterocycles. The number of rotatable bonds is 2. The summed E-state index contributed by atoms with van der Waals surface area (Å²) in [6.45, 7) is 0. The zero-order valence-electron chi connectivity index (χ0n) is 8.70. The Hall–Kier alpha value is -1.66. The van der Waals surface area contributed by atoms with Crippen molar-refractivity contribution in [1.82, 2.24) is 14.3 Å². The average molecular weight is 260 g/mol. The van der Waals surface area contributed by atoms with Crippen molar-refractivity contribution in [2.45, 2.75) is 9.24 Å². The molecule has 17 heavy (non-hydrogen) atoms. The van der Waals surface area contributed by atoms with E-state index in [2.05, 4.69) is 14.3 Å². The number of pyridine rings is 1. The predicted octanol–water partition coefficient (Wildman–Crippen LogP) is 2.82. The quantitative estimate of drug-likeness (QED) is 0.718. The van der Waals surface area contributed by atoms with E-state index in [1.165, 1.54) is 11.5 Å². The van der Waals surface area contributed by atoms with Crippen LogP contribution in [-0.2, 0) is 0 Å². The third-order valence-corrected chi connectivity index (χ3v) is 4.09. The average Bonchev–Trinajstić information content (AvgIpc) is 2.83. The third kappa shape index (κ3) is 1.96. The van der Waals surface area contributed by atoms with Crippen molar-refractivity contribution in [2.75, 3.05) is 5.73 Å². The van der Waals surface area contributed by atoms with Gasteiger partial charge in [0.25, 0.3) is 0 Å². The lowest BCUT2D eigenvalue weighted by molar-refractivity contribution is 1.21. The number of anilines is 1. The fourth-order valence-corrected chi connectivity index (χ4v) is 3.08. The maximum absolute atomic E-state index is 5.90. The second-order valence-corrected chi connectivity index (χ2v) is 5.43. The van der Waals surface area contributed by atoms with Crippen LogP contribution in [0.3, 0.4) is 0 Å². The molecule has 0 atom stereocenters. The molecular formula is C11H8N4S2. The molecule has 0 fully saturated rings. The van der Waals surface area contributed by atoms with Gasteiger partial charge in [-0.3, -0.25) is 4.98 Å². The van der Waals surface area contributed by atoms with E-state index in [0.717, 1.165) is 20.1 Å². The maximum atomic E-state index is 5.90. The van der Waals surface area contributed by atoms with Gasteiger partial charge in [0.05, 0.1) is 11.2 Å². The number of benzene rings is 1. The first-order valence-corrected chi connectivity index (χ1v) is 6.51. The van der Waals surface area contributed by atoms with Gasteiger partial charge in [0, 0.05) is 16.5 Å². The van der Waals surface area contributed by atoms with E-state index in [0.29, 0.717) is 5.69 Å². The van der Waals surface area contributed by atoms with E-state index in [1.54, 1.807) is 24.3 Å². The summed E-state index contributed by atoms with van der Waals surface area (Å²) in [6.07, 6.45) is 3.33. The van der Waals surface area contributed by atoms with Crippen molar-refractivity contribution in [1.29, 1.82) is 0 Å². The summed E-state index contributed by atoms with van der Waals surface area (Å²) in [5, 5.41) is 1.05. The summed E-state index contributed by atoms with van der Waals surface area (Å²) in [5.41, 5.74) is 7.43. The molecular weight excluding hydrogens is 252 g/mol. The molecule has 2 heterocycles. The maximum Gasteiger partial charge on any atom is 0.174 e. The summed E-state index contributed by atoms with van der Waals surface area (Å²) in [5.74, 6) is 0. The fraction of sp³-hybridized carbons (Fsp3) is 0. The lowest BCUT2D eigenvalue weighted by Crippen LogP contribution is -1.89. The number of nitrogen functional groups attached to an aromatic ring is 1. The second kappa shape index (κ2) is 4.31. The number of para-hydroxylation sites is 1. The van der Waals surface area contributed by atoms with Gasteiger partial charge in [-0.15, -0.1) is 0 Å². The SMILES string of the molecule is Nc1cccc2c(Sc3ncns3)ccnc12. The lowest BCUT2D eigenvalue weighted by Gasteiger charge is -2.05. The summed E-state index contributed by atoms with van der Waals surface area (Å²) >= 11 is 2.96. The van der Waals surface area contributed by atoms with Gasteiger partial charge in [0.15, 0.2) is 4.34 Å². The van der Waals surface area contributed by atoms with Crippen molar-refractivity contribution >= 4 is 39.9 Å². The highest BCUT2D eigenvalue weighted by Gasteiger charge is 2.07. The van der Waals surface area contributed by atoms with Crippen LogP contribution in [0.2, 0.25) is 0 Å². The number of hydrogen-bond donors (Lipinski definition) is 1.